The van der Waals surface area contributed by atoms with Crippen LogP contribution in [0.3, 0.4) is 0 Å². The summed E-state index contributed by atoms with van der Waals surface area (Å²) >= 11 is 0. The Hall–Kier alpha value is -0.780. The van der Waals surface area contributed by atoms with E-state index in [2.05, 4.69) is 18.4 Å². The van der Waals surface area contributed by atoms with Gasteiger partial charge in [-0.15, -0.1) is 5.73 Å². The van der Waals surface area contributed by atoms with Crippen LogP contribution in [0.2, 0.25) is 0 Å². The highest BCUT2D eigenvalue weighted by atomic mass is 16.5. The molecule has 1 aliphatic carbocycles. The zero-order valence-electron chi connectivity index (χ0n) is 7.02. The minimum absolute atomic E-state index is 0.709. The molecule has 0 aliphatic heterocycles. The van der Waals surface area contributed by atoms with Gasteiger partial charge in [0, 0.05) is 7.11 Å². The fourth-order valence-corrected chi connectivity index (χ4v) is 1.38. The molecular formula is C10H14O. The Labute approximate surface area is 68.1 Å². The van der Waals surface area contributed by atoms with E-state index in [0.717, 1.165) is 6.42 Å². The van der Waals surface area contributed by atoms with Crippen molar-refractivity contribution >= 4 is 0 Å². The Morgan fingerprint density at radius 2 is 2.45 bits per heavy atom. The second-order valence-corrected chi connectivity index (χ2v) is 2.69. The van der Waals surface area contributed by atoms with Crippen LogP contribution >= 0.6 is 0 Å². The van der Waals surface area contributed by atoms with Gasteiger partial charge in [-0.25, -0.2) is 0 Å². The Kier molecular flexibility index (Phi) is 3.15. The fraction of sp³-hybridized carbons (Fsp3) is 0.500. The number of hydrogen-bond donors (Lipinski definition) is 0. The van der Waals surface area contributed by atoms with Gasteiger partial charge in [-0.2, -0.15) is 0 Å². The van der Waals surface area contributed by atoms with Gasteiger partial charge in [0.25, 0.3) is 0 Å². The minimum atomic E-state index is 0.709. The molecule has 0 bridgehead atoms. The van der Waals surface area contributed by atoms with E-state index in [4.69, 9.17) is 4.74 Å². The van der Waals surface area contributed by atoms with Crippen LogP contribution < -0.4 is 0 Å². The predicted octanol–water partition coefficient (Wildman–Crippen LogP) is 2.45. The first-order valence-electron chi connectivity index (χ1n) is 3.95. The van der Waals surface area contributed by atoms with Crippen molar-refractivity contribution in [2.75, 3.05) is 13.7 Å². The Morgan fingerprint density at radius 1 is 1.64 bits per heavy atom. The summed E-state index contributed by atoms with van der Waals surface area (Å²) in [6, 6.07) is 0. The van der Waals surface area contributed by atoms with Crippen molar-refractivity contribution in [2.45, 2.75) is 19.3 Å². The summed E-state index contributed by atoms with van der Waals surface area (Å²) in [5.41, 5.74) is 5.62. The molecule has 0 N–H and O–H groups in total. The van der Waals surface area contributed by atoms with Crippen molar-refractivity contribution < 1.29 is 4.74 Å². The van der Waals surface area contributed by atoms with Gasteiger partial charge < -0.3 is 4.74 Å². The van der Waals surface area contributed by atoms with E-state index in [0.29, 0.717) is 6.61 Å². The van der Waals surface area contributed by atoms with Crippen LogP contribution in [0.5, 0.6) is 0 Å². The fourth-order valence-electron chi connectivity index (χ4n) is 1.38. The zero-order valence-corrected chi connectivity index (χ0v) is 7.02. The predicted molar refractivity (Wildman–Crippen MR) is 46.5 cm³/mol. The van der Waals surface area contributed by atoms with Gasteiger partial charge in [0.2, 0.25) is 0 Å². The van der Waals surface area contributed by atoms with Gasteiger partial charge in [-0.3, -0.25) is 0 Å². The molecule has 1 nitrogen and oxygen atoms in total. The largest absolute Gasteiger partial charge is 0.381 e. The van der Waals surface area contributed by atoms with E-state index < -0.39 is 0 Å². The smallest absolute Gasteiger partial charge is 0.0649 e. The van der Waals surface area contributed by atoms with Crippen LogP contribution in [-0.4, -0.2) is 13.7 Å². The highest BCUT2D eigenvalue weighted by Crippen LogP contribution is 2.28. The molecule has 0 amide bonds. The third-order valence-electron chi connectivity index (χ3n) is 1.97. The van der Waals surface area contributed by atoms with Crippen molar-refractivity contribution in [3.63, 3.8) is 0 Å². The molecule has 0 spiro atoms. The third-order valence-corrected chi connectivity index (χ3v) is 1.97. The summed E-state index contributed by atoms with van der Waals surface area (Å²) in [7, 11) is 1.71. The van der Waals surface area contributed by atoms with E-state index in [1.807, 2.05) is 0 Å². The monoisotopic (exact) mass is 150 g/mol. The molecule has 0 aromatic rings. The van der Waals surface area contributed by atoms with Gasteiger partial charge in [0.05, 0.1) is 6.61 Å². The van der Waals surface area contributed by atoms with Gasteiger partial charge in [0.15, 0.2) is 0 Å². The van der Waals surface area contributed by atoms with Crippen LogP contribution in [0, 0.1) is 0 Å². The first-order chi connectivity index (χ1) is 5.38. The Balaban J connectivity index is 2.64. The van der Waals surface area contributed by atoms with Crippen LogP contribution in [0.1, 0.15) is 19.3 Å². The standard InChI is InChI=1S/C10H14O/c1-3-9-5-4-6-10(9)7-8-11-2/h7H,1,4-6,8H2,2H3. The average Bonchev–Trinajstić information content (AvgIpc) is 2.47. The van der Waals surface area contributed by atoms with Crippen molar-refractivity contribution in [2.24, 2.45) is 0 Å². The lowest BCUT2D eigenvalue weighted by atomic mass is 10.1. The summed E-state index contributed by atoms with van der Waals surface area (Å²) in [6.07, 6.45) is 5.67. The average molecular weight is 150 g/mol. The highest BCUT2D eigenvalue weighted by molar-refractivity contribution is 5.33. The summed E-state index contributed by atoms with van der Waals surface area (Å²) in [5, 5.41) is 0. The second-order valence-electron chi connectivity index (χ2n) is 2.69. The highest BCUT2D eigenvalue weighted by Gasteiger charge is 2.11. The first kappa shape index (κ1) is 8.32. The normalized spacial score (nSPS) is 20.8. The molecule has 0 aromatic carbocycles. The SMILES string of the molecule is C=C=C1CCCC1=CCOC. The lowest BCUT2D eigenvalue weighted by Gasteiger charge is -1.96. The first-order valence-corrected chi connectivity index (χ1v) is 3.95. The van der Waals surface area contributed by atoms with Crippen molar-refractivity contribution in [3.05, 3.63) is 29.5 Å². The van der Waals surface area contributed by atoms with Crippen molar-refractivity contribution in [1.29, 1.82) is 0 Å². The van der Waals surface area contributed by atoms with Gasteiger partial charge in [-0.1, -0.05) is 12.7 Å². The van der Waals surface area contributed by atoms with E-state index >= 15 is 0 Å². The maximum atomic E-state index is 4.96. The lowest BCUT2D eigenvalue weighted by molar-refractivity contribution is 0.233. The van der Waals surface area contributed by atoms with Crippen molar-refractivity contribution in [3.8, 4) is 0 Å². The summed E-state index contributed by atoms with van der Waals surface area (Å²) in [4.78, 5) is 0. The van der Waals surface area contributed by atoms with Gasteiger partial charge in [-0.05, 0) is 30.4 Å². The lowest BCUT2D eigenvalue weighted by Crippen LogP contribution is -1.85. The molecule has 0 heterocycles. The second kappa shape index (κ2) is 4.17. The topological polar surface area (TPSA) is 9.23 Å². The molecule has 1 fully saturated rings. The van der Waals surface area contributed by atoms with E-state index in [-0.39, 0.29) is 0 Å². The third kappa shape index (κ3) is 2.07. The van der Waals surface area contributed by atoms with Crippen molar-refractivity contribution in [1.82, 2.24) is 0 Å². The number of rotatable bonds is 2. The number of hydrogen-bond acceptors (Lipinski definition) is 1. The molecule has 60 valence electrons. The molecule has 0 aromatic heterocycles. The van der Waals surface area contributed by atoms with Crippen LogP contribution in [0.25, 0.3) is 0 Å². The van der Waals surface area contributed by atoms with E-state index in [1.54, 1.807) is 7.11 Å². The Bertz CT molecular complexity index is 207. The minimum Gasteiger partial charge on any atom is -0.381 e. The molecule has 0 atom stereocenters. The zero-order chi connectivity index (χ0) is 8.10. The van der Waals surface area contributed by atoms with E-state index in [9.17, 15) is 0 Å². The summed E-state index contributed by atoms with van der Waals surface area (Å²) in [5.74, 6) is 0. The molecule has 0 unspecified atom stereocenters. The molecule has 1 saturated carbocycles. The summed E-state index contributed by atoms with van der Waals surface area (Å²) in [6.45, 7) is 4.37. The molecule has 0 radical (unpaired) electrons. The Morgan fingerprint density at radius 3 is 3.09 bits per heavy atom. The molecule has 0 saturated heterocycles. The van der Waals surface area contributed by atoms with Gasteiger partial charge >= 0.3 is 0 Å². The van der Waals surface area contributed by atoms with Crippen LogP contribution in [0.15, 0.2) is 29.5 Å². The number of allylic oxidation sites excluding steroid dienone is 2. The van der Waals surface area contributed by atoms with Crippen LogP contribution in [-0.2, 0) is 4.74 Å². The molecule has 1 heteroatoms. The van der Waals surface area contributed by atoms with Crippen LogP contribution in [0.4, 0.5) is 0 Å². The molecule has 1 rings (SSSR count). The maximum Gasteiger partial charge on any atom is 0.0649 e. The number of ether oxygens (including phenoxy) is 1. The van der Waals surface area contributed by atoms with E-state index in [1.165, 1.54) is 24.0 Å². The molecule has 11 heavy (non-hydrogen) atoms. The summed E-state index contributed by atoms with van der Waals surface area (Å²) < 4.78 is 4.96. The quantitative estimate of drug-likeness (QED) is 0.549. The maximum absolute atomic E-state index is 4.96. The van der Waals surface area contributed by atoms with Gasteiger partial charge in [0.1, 0.15) is 0 Å². The molecular weight excluding hydrogens is 136 g/mol. The molecule has 1 aliphatic rings. The number of methoxy groups -OCH3 is 1.